The van der Waals surface area contributed by atoms with E-state index in [-0.39, 0.29) is 11.8 Å². The lowest BCUT2D eigenvalue weighted by atomic mass is 9.86. The molecule has 22 heavy (non-hydrogen) atoms. The maximum absolute atomic E-state index is 12.1. The highest BCUT2D eigenvalue weighted by atomic mass is 35.5. The fourth-order valence-electron chi connectivity index (χ4n) is 3.26. The van der Waals surface area contributed by atoms with E-state index in [0.717, 1.165) is 35.5 Å². The van der Waals surface area contributed by atoms with Gasteiger partial charge < -0.3 is 5.32 Å². The van der Waals surface area contributed by atoms with E-state index in [4.69, 9.17) is 11.6 Å². The summed E-state index contributed by atoms with van der Waals surface area (Å²) in [7, 11) is 1.82. The maximum atomic E-state index is 12.1. The average Bonchev–Trinajstić information content (AvgIpc) is 2.88. The van der Waals surface area contributed by atoms with E-state index in [2.05, 4.69) is 22.4 Å². The number of nitrogens with one attached hydrogen (secondary N) is 1. The number of halogens is 1. The third-order valence-corrected chi connectivity index (χ3v) is 4.68. The van der Waals surface area contributed by atoms with Gasteiger partial charge in [0.2, 0.25) is 5.91 Å². The Bertz CT molecular complexity index is 746. The zero-order chi connectivity index (χ0) is 16.0. The van der Waals surface area contributed by atoms with Crippen LogP contribution in [0.3, 0.4) is 0 Å². The molecule has 0 fully saturated rings. The summed E-state index contributed by atoms with van der Waals surface area (Å²) in [6.45, 7) is 6.92. The summed E-state index contributed by atoms with van der Waals surface area (Å²) in [4.78, 5) is 12.1. The number of hydrogen-bond donors (Lipinski definition) is 1. The molecule has 0 radical (unpaired) electrons. The van der Waals surface area contributed by atoms with Gasteiger partial charge in [0.1, 0.15) is 5.15 Å². The van der Waals surface area contributed by atoms with Crippen molar-refractivity contribution in [2.75, 3.05) is 5.32 Å². The van der Waals surface area contributed by atoms with E-state index in [0.29, 0.717) is 17.4 Å². The van der Waals surface area contributed by atoms with E-state index in [9.17, 15) is 4.79 Å². The van der Waals surface area contributed by atoms with Crippen molar-refractivity contribution < 1.29 is 4.79 Å². The van der Waals surface area contributed by atoms with Gasteiger partial charge in [-0.05, 0) is 20.3 Å². The van der Waals surface area contributed by atoms with Gasteiger partial charge in [-0.25, -0.2) is 0 Å². The number of amides is 1. The van der Waals surface area contributed by atoms with Gasteiger partial charge in [0.05, 0.1) is 5.69 Å². The minimum atomic E-state index is -0.0874. The van der Waals surface area contributed by atoms with Crippen molar-refractivity contribution in [1.29, 1.82) is 0 Å². The molecular formula is C15H20ClN5O. The third kappa shape index (κ3) is 2.22. The normalized spacial score (nSPS) is 17.5. The first-order valence-corrected chi connectivity index (χ1v) is 7.88. The molecule has 2 aromatic rings. The van der Waals surface area contributed by atoms with Crippen LogP contribution in [0.4, 0.5) is 5.82 Å². The van der Waals surface area contributed by atoms with E-state index in [1.165, 1.54) is 0 Å². The van der Waals surface area contributed by atoms with Crippen LogP contribution in [0.1, 0.15) is 48.2 Å². The Morgan fingerprint density at radius 3 is 2.64 bits per heavy atom. The molecule has 118 valence electrons. The highest BCUT2D eigenvalue weighted by Gasteiger charge is 2.35. The molecule has 1 atom stereocenters. The van der Waals surface area contributed by atoms with Gasteiger partial charge in [0, 0.05) is 42.8 Å². The number of aromatic nitrogens is 4. The Hall–Kier alpha value is -1.82. The number of anilines is 1. The van der Waals surface area contributed by atoms with Gasteiger partial charge >= 0.3 is 0 Å². The fourth-order valence-corrected chi connectivity index (χ4v) is 3.56. The minimum absolute atomic E-state index is 0.0297. The first-order chi connectivity index (χ1) is 10.4. The molecule has 1 aliphatic heterocycles. The van der Waals surface area contributed by atoms with E-state index >= 15 is 0 Å². The molecule has 0 spiro atoms. The smallest absolute Gasteiger partial charge is 0.226 e. The largest absolute Gasteiger partial charge is 0.309 e. The van der Waals surface area contributed by atoms with Crippen molar-refractivity contribution in [1.82, 2.24) is 19.6 Å². The van der Waals surface area contributed by atoms with Crippen molar-refractivity contribution in [3.8, 4) is 0 Å². The molecule has 0 bridgehead atoms. The molecule has 2 aromatic heterocycles. The molecule has 1 aliphatic rings. The molecule has 1 N–H and O–H groups in total. The van der Waals surface area contributed by atoms with Crippen molar-refractivity contribution in [3.63, 3.8) is 0 Å². The van der Waals surface area contributed by atoms with E-state index < -0.39 is 0 Å². The standard InChI is InChI=1S/C15H20ClN5O/c1-5-6-21-9(3)13-10(7-11(22)17-15(13)19-21)12-8(2)18-20(4)14(12)16/h10H,5-7H2,1-4H3,(H,17,19,22). The monoisotopic (exact) mass is 321 g/mol. The fraction of sp³-hybridized carbons (Fsp3) is 0.533. The number of aryl methyl sites for hydroxylation is 3. The molecule has 0 saturated carbocycles. The van der Waals surface area contributed by atoms with E-state index in [1.54, 1.807) is 4.68 Å². The Balaban J connectivity index is 2.17. The van der Waals surface area contributed by atoms with Gasteiger partial charge in [-0.2, -0.15) is 10.2 Å². The summed E-state index contributed by atoms with van der Waals surface area (Å²) in [5.41, 5.74) is 3.94. The number of rotatable bonds is 3. The van der Waals surface area contributed by atoms with E-state index in [1.807, 2.05) is 25.6 Å². The number of nitrogens with zero attached hydrogens (tertiary/aromatic N) is 4. The lowest BCUT2D eigenvalue weighted by molar-refractivity contribution is -0.116. The van der Waals surface area contributed by atoms with Gasteiger partial charge in [-0.15, -0.1) is 0 Å². The van der Waals surface area contributed by atoms with Crippen molar-refractivity contribution in [2.45, 2.75) is 46.1 Å². The van der Waals surface area contributed by atoms with Gasteiger partial charge in [-0.3, -0.25) is 14.2 Å². The Morgan fingerprint density at radius 2 is 2.05 bits per heavy atom. The van der Waals surface area contributed by atoms with Crippen LogP contribution >= 0.6 is 11.6 Å². The van der Waals surface area contributed by atoms with Crippen LogP contribution in [0, 0.1) is 13.8 Å². The SMILES string of the molecule is CCCn1nc2c(c1C)C(c1c(C)nn(C)c1Cl)CC(=O)N2. The summed E-state index contributed by atoms with van der Waals surface area (Å²) in [5, 5.41) is 12.4. The second-order valence-corrected chi connectivity index (χ2v) is 6.15. The molecule has 0 aliphatic carbocycles. The molecule has 0 saturated heterocycles. The lowest BCUT2D eigenvalue weighted by Crippen LogP contribution is -2.23. The van der Waals surface area contributed by atoms with Crippen molar-refractivity contribution >= 4 is 23.3 Å². The molecule has 6 nitrogen and oxygen atoms in total. The first kappa shape index (κ1) is 15.1. The van der Waals surface area contributed by atoms with Crippen molar-refractivity contribution in [3.05, 3.63) is 27.7 Å². The number of carbonyl (C=O) groups excluding carboxylic acids is 1. The van der Waals surface area contributed by atoms with Crippen LogP contribution in [0.25, 0.3) is 0 Å². The van der Waals surface area contributed by atoms with Crippen LogP contribution in [0.2, 0.25) is 5.15 Å². The third-order valence-electron chi connectivity index (χ3n) is 4.23. The Labute approximate surface area is 134 Å². The summed E-state index contributed by atoms with van der Waals surface area (Å²) in [6, 6.07) is 0. The second-order valence-electron chi connectivity index (χ2n) is 5.79. The number of fused-ring (bicyclic) bond motifs is 1. The minimum Gasteiger partial charge on any atom is -0.309 e. The van der Waals surface area contributed by atoms with Crippen LogP contribution in [-0.2, 0) is 18.4 Å². The quantitative estimate of drug-likeness (QED) is 0.945. The Morgan fingerprint density at radius 1 is 1.32 bits per heavy atom. The molecule has 7 heteroatoms. The number of hydrogen-bond acceptors (Lipinski definition) is 3. The summed E-state index contributed by atoms with van der Waals surface area (Å²) in [6.07, 6.45) is 1.37. The van der Waals surface area contributed by atoms with Crippen LogP contribution in [-0.4, -0.2) is 25.5 Å². The predicted molar refractivity (Wildman–Crippen MR) is 85.3 cm³/mol. The lowest BCUT2D eigenvalue weighted by Gasteiger charge is -2.22. The Kier molecular flexibility index (Phi) is 3.72. The molecule has 3 rings (SSSR count). The van der Waals surface area contributed by atoms with Crippen LogP contribution in [0.15, 0.2) is 0 Å². The zero-order valence-electron chi connectivity index (χ0n) is 13.3. The average molecular weight is 322 g/mol. The second kappa shape index (κ2) is 5.43. The van der Waals surface area contributed by atoms with Gasteiger partial charge in [0.15, 0.2) is 5.82 Å². The first-order valence-electron chi connectivity index (χ1n) is 7.50. The van der Waals surface area contributed by atoms with Crippen LogP contribution in [0.5, 0.6) is 0 Å². The summed E-state index contributed by atoms with van der Waals surface area (Å²) < 4.78 is 3.62. The number of carbonyl (C=O) groups is 1. The van der Waals surface area contributed by atoms with Gasteiger partial charge in [0.25, 0.3) is 0 Å². The zero-order valence-corrected chi connectivity index (χ0v) is 14.0. The molecule has 0 aromatic carbocycles. The topological polar surface area (TPSA) is 64.7 Å². The molecule has 1 unspecified atom stereocenters. The van der Waals surface area contributed by atoms with Crippen molar-refractivity contribution in [2.24, 2.45) is 7.05 Å². The predicted octanol–water partition coefficient (Wildman–Crippen LogP) is 2.77. The molecule has 1 amide bonds. The highest BCUT2D eigenvalue weighted by Crippen LogP contribution is 2.42. The maximum Gasteiger partial charge on any atom is 0.226 e. The molecule has 3 heterocycles. The van der Waals surface area contributed by atoms with Crippen LogP contribution < -0.4 is 5.32 Å². The highest BCUT2D eigenvalue weighted by molar-refractivity contribution is 6.30. The molecular weight excluding hydrogens is 302 g/mol. The van der Waals surface area contributed by atoms with Gasteiger partial charge in [-0.1, -0.05) is 18.5 Å². The summed E-state index contributed by atoms with van der Waals surface area (Å²) in [5.74, 6) is 0.542. The summed E-state index contributed by atoms with van der Waals surface area (Å²) >= 11 is 6.42.